The molecule has 0 fully saturated rings. The smallest absolute Gasteiger partial charge is 0.0348 e. The molecule has 0 aliphatic rings. The minimum atomic E-state index is 0.464. The molecule has 0 aliphatic carbocycles. The molecule has 0 heterocycles. The second kappa shape index (κ2) is 6.94. The molecule has 1 N–H and O–H groups in total. The van der Waals surface area contributed by atoms with Crippen LogP contribution in [0.3, 0.4) is 0 Å². The predicted octanol–water partition coefficient (Wildman–Crippen LogP) is 4.36. The van der Waals surface area contributed by atoms with E-state index in [0.29, 0.717) is 17.9 Å². The lowest BCUT2D eigenvalue weighted by Crippen LogP contribution is -2.27. The third-order valence-corrected chi connectivity index (χ3v) is 4.22. The van der Waals surface area contributed by atoms with Crippen molar-refractivity contribution in [3.05, 3.63) is 34.9 Å². The monoisotopic (exact) mass is 247 g/mol. The van der Waals surface area contributed by atoms with E-state index >= 15 is 0 Å². The molecular formula is C17H29N. The molecule has 1 rings (SSSR count). The Morgan fingerprint density at radius 1 is 1.06 bits per heavy atom. The maximum atomic E-state index is 3.53. The Morgan fingerprint density at radius 3 is 2.17 bits per heavy atom. The van der Waals surface area contributed by atoms with Gasteiger partial charge in [0.2, 0.25) is 0 Å². The summed E-state index contributed by atoms with van der Waals surface area (Å²) in [5.41, 5.74) is 4.43. The van der Waals surface area contributed by atoms with Crippen molar-refractivity contribution >= 4 is 0 Å². The van der Waals surface area contributed by atoms with Gasteiger partial charge >= 0.3 is 0 Å². The zero-order valence-electron chi connectivity index (χ0n) is 12.9. The van der Waals surface area contributed by atoms with Crippen LogP contribution in [0.15, 0.2) is 18.2 Å². The molecule has 0 saturated carbocycles. The first-order valence-corrected chi connectivity index (χ1v) is 7.34. The van der Waals surface area contributed by atoms with Crippen LogP contribution in [0.25, 0.3) is 0 Å². The van der Waals surface area contributed by atoms with Crippen LogP contribution >= 0.6 is 0 Å². The Balaban J connectivity index is 3.17. The van der Waals surface area contributed by atoms with E-state index in [-0.39, 0.29) is 0 Å². The van der Waals surface area contributed by atoms with Gasteiger partial charge in [0.25, 0.3) is 0 Å². The van der Waals surface area contributed by atoms with Gasteiger partial charge in [-0.25, -0.2) is 0 Å². The van der Waals surface area contributed by atoms with Crippen molar-refractivity contribution in [1.82, 2.24) is 5.32 Å². The van der Waals surface area contributed by atoms with Gasteiger partial charge in [-0.15, -0.1) is 0 Å². The van der Waals surface area contributed by atoms with E-state index < -0.39 is 0 Å². The van der Waals surface area contributed by atoms with Crippen molar-refractivity contribution in [3.8, 4) is 0 Å². The molecule has 0 saturated heterocycles. The van der Waals surface area contributed by atoms with Crippen LogP contribution in [0.5, 0.6) is 0 Å². The van der Waals surface area contributed by atoms with Crippen molar-refractivity contribution in [2.45, 2.75) is 53.5 Å². The molecule has 0 radical (unpaired) electrons. The van der Waals surface area contributed by atoms with Crippen molar-refractivity contribution in [1.29, 1.82) is 0 Å². The number of aryl methyl sites for hydroxylation is 2. The van der Waals surface area contributed by atoms with Crippen molar-refractivity contribution in [2.24, 2.45) is 11.8 Å². The van der Waals surface area contributed by atoms with Crippen LogP contribution in [-0.2, 0) is 12.8 Å². The lowest BCUT2D eigenvalue weighted by Gasteiger charge is -2.29. The molecule has 1 aromatic carbocycles. The first-order chi connectivity index (χ1) is 8.54. The maximum Gasteiger partial charge on any atom is 0.0348 e. The van der Waals surface area contributed by atoms with E-state index in [1.165, 1.54) is 16.7 Å². The second-order valence-electron chi connectivity index (χ2n) is 5.61. The molecule has 102 valence electrons. The van der Waals surface area contributed by atoms with E-state index in [4.69, 9.17) is 0 Å². The minimum absolute atomic E-state index is 0.464. The lowest BCUT2D eigenvalue weighted by molar-refractivity contribution is 0.316. The van der Waals surface area contributed by atoms with Crippen LogP contribution in [-0.4, -0.2) is 7.05 Å². The fourth-order valence-electron chi connectivity index (χ4n) is 2.56. The van der Waals surface area contributed by atoms with Gasteiger partial charge in [-0.1, -0.05) is 52.8 Å². The molecule has 2 atom stereocenters. The first kappa shape index (κ1) is 15.2. The largest absolute Gasteiger partial charge is 0.313 e. The fraction of sp³-hybridized carbons (Fsp3) is 0.647. The molecule has 0 amide bonds. The highest BCUT2D eigenvalue weighted by atomic mass is 14.9. The van der Waals surface area contributed by atoms with Gasteiger partial charge in [-0.3, -0.25) is 0 Å². The van der Waals surface area contributed by atoms with Gasteiger partial charge < -0.3 is 5.32 Å². The van der Waals surface area contributed by atoms with Crippen molar-refractivity contribution < 1.29 is 0 Å². The molecule has 1 heteroatoms. The summed E-state index contributed by atoms with van der Waals surface area (Å²) < 4.78 is 0. The molecule has 0 spiro atoms. The average Bonchev–Trinajstić information content (AvgIpc) is 2.39. The highest BCUT2D eigenvalue weighted by molar-refractivity contribution is 5.35. The lowest BCUT2D eigenvalue weighted by atomic mass is 9.83. The molecule has 1 aromatic rings. The SMILES string of the molecule is CCc1ccc(CC)c(C(NC)C(C)C(C)C)c1. The second-order valence-corrected chi connectivity index (χ2v) is 5.61. The van der Waals surface area contributed by atoms with Gasteiger partial charge in [0.05, 0.1) is 0 Å². The number of hydrogen-bond acceptors (Lipinski definition) is 1. The van der Waals surface area contributed by atoms with Gasteiger partial charge in [0, 0.05) is 6.04 Å². The summed E-state index contributed by atoms with van der Waals surface area (Å²) in [5.74, 6) is 1.34. The fourth-order valence-corrected chi connectivity index (χ4v) is 2.56. The number of hydrogen-bond donors (Lipinski definition) is 1. The summed E-state index contributed by atoms with van der Waals surface area (Å²) in [5, 5.41) is 3.53. The Bertz CT molecular complexity index is 368. The first-order valence-electron chi connectivity index (χ1n) is 7.34. The third kappa shape index (κ3) is 3.35. The standard InChI is InChI=1S/C17H29N/c1-7-14-9-10-15(8-2)16(11-14)17(18-6)13(5)12(3)4/h9-13,17-18H,7-8H2,1-6H3. The summed E-state index contributed by atoms with van der Waals surface area (Å²) >= 11 is 0. The topological polar surface area (TPSA) is 12.0 Å². The zero-order valence-corrected chi connectivity index (χ0v) is 12.9. The maximum absolute atomic E-state index is 3.53. The van der Waals surface area contributed by atoms with Gasteiger partial charge in [-0.2, -0.15) is 0 Å². The highest BCUT2D eigenvalue weighted by Crippen LogP contribution is 2.30. The van der Waals surface area contributed by atoms with Crippen LogP contribution < -0.4 is 5.32 Å². The van der Waals surface area contributed by atoms with E-state index in [9.17, 15) is 0 Å². The van der Waals surface area contributed by atoms with Crippen LogP contribution in [0, 0.1) is 11.8 Å². The Morgan fingerprint density at radius 2 is 1.72 bits per heavy atom. The van der Waals surface area contributed by atoms with Gasteiger partial charge in [0.1, 0.15) is 0 Å². The summed E-state index contributed by atoms with van der Waals surface area (Å²) in [7, 11) is 2.08. The Hall–Kier alpha value is -0.820. The summed E-state index contributed by atoms with van der Waals surface area (Å²) in [6.45, 7) is 11.4. The van der Waals surface area contributed by atoms with E-state index in [0.717, 1.165) is 12.8 Å². The van der Waals surface area contributed by atoms with E-state index in [1.807, 2.05) is 0 Å². The van der Waals surface area contributed by atoms with Crippen LogP contribution in [0.1, 0.15) is 57.4 Å². The Labute approximate surface area is 113 Å². The molecule has 0 aromatic heterocycles. The summed E-state index contributed by atoms with van der Waals surface area (Å²) in [6, 6.07) is 7.45. The normalized spacial score (nSPS) is 14.8. The molecule has 1 nitrogen and oxygen atoms in total. The van der Waals surface area contributed by atoms with Crippen LogP contribution in [0.2, 0.25) is 0 Å². The van der Waals surface area contributed by atoms with Gasteiger partial charge in [0.15, 0.2) is 0 Å². The summed E-state index contributed by atoms with van der Waals surface area (Å²) in [4.78, 5) is 0. The predicted molar refractivity (Wildman–Crippen MR) is 81.0 cm³/mol. The van der Waals surface area contributed by atoms with Crippen molar-refractivity contribution in [2.75, 3.05) is 7.05 Å². The van der Waals surface area contributed by atoms with E-state index in [1.54, 1.807) is 0 Å². The molecule has 0 aliphatic heterocycles. The van der Waals surface area contributed by atoms with Crippen LogP contribution in [0.4, 0.5) is 0 Å². The number of benzene rings is 1. The minimum Gasteiger partial charge on any atom is -0.313 e. The van der Waals surface area contributed by atoms with E-state index in [2.05, 4.69) is 65.2 Å². The third-order valence-electron chi connectivity index (χ3n) is 4.22. The molecule has 0 bridgehead atoms. The Kier molecular flexibility index (Phi) is 5.87. The van der Waals surface area contributed by atoms with Crippen molar-refractivity contribution in [3.63, 3.8) is 0 Å². The van der Waals surface area contributed by atoms with Gasteiger partial charge in [-0.05, 0) is 48.4 Å². The highest BCUT2D eigenvalue weighted by Gasteiger charge is 2.22. The zero-order chi connectivity index (χ0) is 13.7. The molecule has 2 unspecified atom stereocenters. The number of rotatable bonds is 6. The summed E-state index contributed by atoms with van der Waals surface area (Å²) in [6.07, 6.45) is 2.23. The number of nitrogens with one attached hydrogen (secondary N) is 1. The quantitative estimate of drug-likeness (QED) is 0.787. The molecule has 18 heavy (non-hydrogen) atoms. The molecular weight excluding hydrogens is 218 g/mol. The average molecular weight is 247 g/mol.